The molecule has 1 fully saturated rings. The van der Waals surface area contributed by atoms with E-state index in [-0.39, 0.29) is 17.8 Å². The third-order valence-corrected chi connectivity index (χ3v) is 3.48. The molecule has 0 spiro atoms. The molecule has 0 saturated carbocycles. The van der Waals surface area contributed by atoms with Crippen molar-refractivity contribution in [3.63, 3.8) is 0 Å². The number of ether oxygens (including phenoxy) is 2. The maximum absolute atomic E-state index is 12.2. The molecule has 23 heavy (non-hydrogen) atoms. The molecule has 1 heterocycles. The molecule has 7 heteroatoms. The minimum absolute atomic E-state index is 0.0158. The van der Waals surface area contributed by atoms with Crippen LogP contribution < -0.4 is 4.74 Å². The average molecular weight is 322 g/mol. The molecular formula is C16H22N2O5. The van der Waals surface area contributed by atoms with Crippen LogP contribution in [0.4, 0.5) is 10.5 Å². The molecular weight excluding hydrogens is 300 g/mol. The number of non-ortho nitro benzene ring substituents is 1. The van der Waals surface area contributed by atoms with Crippen molar-refractivity contribution in [1.82, 2.24) is 4.90 Å². The summed E-state index contributed by atoms with van der Waals surface area (Å²) < 4.78 is 11.0. The molecule has 0 N–H and O–H groups in total. The fourth-order valence-electron chi connectivity index (χ4n) is 2.45. The summed E-state index contributed by atoms with van der Waals surface area (Å²) in [4.78, 5) is 24.2. The van der Waals surface area contributed by atoms with Crippen LogP contribution in [0.2, 0.25) is 0 Å². The van der Waals surface area contributed by atoms with Gasteiger partial charge in [-0.15, -0.1) is 0 Å². The number of benzene rings is 1. The van der Waals surface area contributed by atoms with E-state index >= 15 is 0 Å². The van der Waals surface area contributed by atoms with Gasteiger partial charge in [0.15, 0.2) is 0 Å². The van der Waals surface area contributed by atoms with Gasteiger partial charge in [0.05, 0.1) is 17.0 Å². The van der Waals surface area contributed by atoms with Crippen molar-refractivity contribution in [3.8, 4) is 5.75 Å². The first-order chi connectivity index (χ1) is 10.8. The maximum atomic E-state index is 12.2. The van der Waals surface area contributed by atoms with Crippen molar-refractivity contribution < 1.29 is 19.2 Å². The van der Waals surface area contributed by atoms with Crippen LogP contribution in [-0.2, 0) is 4.74 Å². The number of amides is 1. The Morgan fingerprint density at radius 1 is 1.43 bits per heavy atom. The molecule has 1 atom stereocenters. The summed E-state index contributed by atoms with van der Waals surface area (Å²) in [6.07, 6.45) is 1.37. The molecule has 0 bridgehead atoms. The summed E-state index contributed by atoms with van der Waals surface area (Å²) in [5.41, 5.74) is -0.552. The lowest BCUT2D eigenvalue weighted by Gasteiger charge is -2.28. The van der Waals surface area contributed by atoms with Crippen molar-refractivity contribution in [2.24, 2.45) is 0 Å². The van der Waals surface area contributed by atoms with Gasteiger partial charge in [0.25, 0.3) is 5.69 Å². The first kappa shape index (κ1) is 17.1. The Morgan fingerprint density at radius 3 is 2.83 bits per heavy atom. The molecule has 1 saturated heterocycles. The van der Waals surface area contributed by atoms with Gasteiger partial charge in [-0.1, -0.05) is 6.07 Å². The zero-order valence-corrected chi connectivity index (χ0v) is 13.7. The molecule has 0 aromatic heterocycles. The number of nitrogens with zero attached hydrogens (tertiary/aromatic N) is 2. The normalized spacial score (nSPS) is 17.9. The Bertz CT molecular complexity index is 582. The highest BCUT2D eigenvalue weighted by Crippen LogP contribution is 2.23. The summed E-state index contributed by atoms with van der Waals surface area (Å²) in [6.45, 7) is 6.42. The summed E-state index contributed by atoms with van der Waals surface area (Å²) >= 11 is 0. The van der Waals surface area contributed by atoms with Crippen LogP contribution in [0.15, 0.2) is 24.3 Å². The standard InChI is InChI=1S/C16H22N2O5/c1-16(2,3)23-15(19)17-9-5-7-13(17)11-22-14-8-4-6-12(10-14)18(20)21/h4,6,8,10,13H,5,7,9,11H2,1-3H3/t13-/m0/s1. The van der Waals surface area contributed by atoms with Crippen molar-refractivity contribution in [2.45, 2.75) is 45.3 Å². The first-order valence-corrected chi connectivity index (χ1v) is 7.63. The van der Waals surface area contributed by atoms with Crippen molar-refractivity contribution in [3.05, 3.63) is 34.4 Å². The average Bonchev–Trinajstić information content (AvgIpc) is 2.92. The van der Waals surface area contributed by atoms with Gasteiger partial charge in [0.1, 0.15) is 18.0 Å². The fourth-order valence-corrected chi connectivity index (χ4v) is 2.45. The highest BCUT2D eigenvalue weighted by Gasteiger charge is 2.32. The molecule has 1 aromatic rings. The zero-order chi connectivity index (χ0) is 17.0. The monoisotopic (exact) mass is 322 g/mol. The van der Waals surface area contributed by atoms with Crippen LogP contribution in [0, 0.1) is 10.1 Å². The van der Waals surface area contributed by atoms with Crippen molar-refractivity contribution in [1.29, 1.82) is 0 Å². The van der Waals surface area contributed by atoms with Gasteiger partial charge < -0.3 is 14.4 Å². The van der Waals surface area contributed by atoms with E-state index in [0.717, 1.165) is 12.8 Å². The molecule has 1 aromatic carbocycles. The second-order valence-electron chi connectivity index (χ2n) is 6.54. The predicted molar refractivity (Wildman–Crippen MR) is 84.6 cm³/mol. The lowest BCUT2D eigenvalue weighted by atomic mass is 10.2. The Labute approximate surface area is 135 Å². The third kappa shape index (κ3) is 4.84. The summed E-state index contributed by atoms with van der Waals surface area (Å²) in [5, 5.41) is 10.8. The Morgan fingerprint density at radius 2 is 2.17 bits per heavy atom. The molecule has 1 aliphatic rings. The van der Waals surface area contributed by atoms with E-state index < -0.39 is 10.5 Å². The van der Waals surface area contributed by atoms with Gasteiger partial charge in [-0.05, 0) is 39.7 Å². The fraction of sp³-hybridized carbons (Fsp3) is 0.562. The van der Waals surface area contributed by atoms with Crippen LogP contribution in [0.1, 0.15) is 33.6 Å². The number of nitro benzene ring substituents is 1. The quantitative estimate of drug-likeness (QED) is 0.627. The van der Waals surface area contributed by atoms with E-state index in [1.165, 1.54) is 12.1 Å². The molecule has 1 amide bonds. The number of hydrogen-bond donors (Lipinski definition) is 0. The lowest BCUT2D eigenvalue weighted by Crippen LogP contribution is -2.42. The van der Waals surface area contributed by atoms with E-state index in [4.69, 9.17) is 9.47 Å². The largest absolute Gasteiger partial charge is 0.491 e. The summed E-state index contributed by atoms with van der Waals surface area (Å²) in [6, 6.07) is 5.96. The van der Waals surface area contributed by atoms with Gasteiger partial charge >= 0.3 is 6.09 Å². The molecule has 2 rings (SSSR count). The second kappa shape index (κ2) is 6.85. The minimum Gasteiger partial charge on any atom is -0.491 e. The van der Waals surface area contributed by atoms with E-state index in [0.29, 0.717) is 18.9 Å². The number of hydrogen-bond acceptors (Lipinski definition) is 5. The summed E-state index contributed by atoms with van der Waals surface area (Å²) in [7, 11) is 0. The van der Waals surface area contributed by atoms with Crippen LogP contribution >= 0.6 is 0 Å². The molecule has 0 unspecified atom stereocenters. The molecule has 126 valence electrons. The first-order valence-electron chi connectivity index (χ1n) is 7.63. The SMILES string of the molecule is CC(C)(C)OC(=O)N1CCC[C@H]1COc1cccc([N+](=O)[O-])c1. The lowest BCUT2D eigenvalue weighted by molar-refractivity contribution is -0.384. The highest BCUT2D eigenvalue weighted by atomic mass is 16.6. The topological polar surface area (TPSA) is 81.9 Å². The molecule has 0 aliphatic carbocycles. The van der Waals surface area contributed by atoms with Crippen LogP contribution in [0.3, 0.4) is 0 Å². The van der Waals surface area contributed by atoms with Gasteiger partial charge in [-0.2, -0.15) is 0 Å². The van der Waals surface area contributed by atoms with Crippen molar-refractivity contribution in [2.75, 3.05) is 13.2 Å². The van der Waals surface area contributed by atoms with Gasteiger partial charge in [-0.3, -0.25) is 10.1 Å². The Hall–Kier alpha value is -2.31. The predicted octanol–water partition coefficient (Wildman–Crippen LogP) is 3.37. The second-order valence-corrected chi connectivity index (χ2v) is 6.54. The van der Waals surface area contributed by atoms with Crippen LogP contribution in [0.25, 0.3) is 0 Å². The zero-order valence-electron chi connectivity index (χ0n) is 13.7. The summed E-state index contributed by atoms with van der Waals surface area (Å²) in [5.74, 6) is 0.426. The smallest absolute Gasteiger partial charge is 0.410 e. The van der Waals surface area contributed by atoms with E-state index in [1.807, 2.05) is 20.8 Å². The van der Waals surface area contributed by atoms with Crippen molar-refractivity contribution >= 4 is 11.8 Å². The van der Waals surface area contributed by atoms with Gasteiger partial charge in [0, 0.05) is 12.6 Å². The van der Waals surface area contributed by atoms with E-state index in [9.17, 15) is 14.9 Å². The number of rotatable bonds is 4. The number of likely N-dealkylation sites (tertiary alicyclic amines) is 1. The van der Waals surface area contributed by atoms with E-state index in [1.54, 1.807) is 17.0 Å². The third-order valence-electron chi connectivity index (χ3n) is 3.48. The number of nitro groups is 1. The number of carbonyl (C=O) groups excluding carboxylic acids is 1. The minimum atomic E-state index is -0.537. The Balaban J connectivity index is 1.95. The van der Waals surface area contributed by atoms with Gasteiger partial charge in [-0.25, -0.2) is 4.79 Å². The van der Waals surface area contributed by atoms with Crippen LogP contribution in [-0.4, -0.2) is 40.7 Å². The molecule has 7 nitrogen and oxygen atoms in total. The van der Waals surface area contributed by atoms with E-state index in [2.05, 4.69) is 0 Å². The number of carbonyl (C=O) groups is 1. The Kier molecular flexibility index (Phi) is 5.08. The van der Waals surface area contributed by atoms with Crippen LogP contribution in [0.5, 0.6) is 5.75 Å². The molecule has 1 aliphatic heterocycles. The molecule has 0 radical (unpaired) electrons. The van der Waals surface area contributed by atoms with Gasteiger partial charge in [0.2, 0.25) is 0 Å². The highest BCUT2D eigenvalue weighted by molar-refractivity contribution is 5.69. The maximum Gasteiger partial charge on any atom is 0.410 e.